The second kappa shape index (κ2) is 9.69. The smallest absolute Gasteiger partial charge is 0.248 e. The van der Waals surface area contributed by atoms with E-state index in [4.69, 9.17) is 4.52 Å². The van der Waals surface area contributed by atoms with Crippen LogP contribution >= 0.6 is 0 Å². The second-order valence-electron chi connectivity index (χ2n) is 8.71. The van der Waals surface area contributed by atoms with Gasteiger partial charge in [-0.15, -0.1) is 0 Å². The number of piperazine rings is 1. The number of nitrogens with zero attached hydrogens (tertiary/aromatic N) is 3. The minimum absolute atomic E-state index is 0.133. The van der Waals surface area contributed by atoms with Gasteiger partial charge in [-0.3, -0.25) is 9.69 Å². The minimum Gasteiger partial charge on any atom is -0.360 e. The first kappa shape index (κ1) is 24.1. The summed E-state index contributed by atoms with van der Waals surface area (Å²) in [6, 6.07) is 15.0. The highest BCUT2D eigenvalue weighted by Crippen LogP contribution is 2.29. The van der Waals surface area contributed by atoms with Crippen LogP contribution in [-0.4, -0.2) is 54.9 Å². The summed E-state index contributed by atoms with van der Waals surface area (Å²) >= 11 is 0. The maximum absolute atomic E-state index is 13.5. The number of hydrogen-bond acceptors (Lipinski definition) is 6. The third kappa shape index (κ3) is 4.77. The van der Waals surface area contributed by atoms with Crippen LogP contribution in [0.3, 0.4) is 0 Å². The molecule has 0 bridgehead atoms. The molecule has 2 aromatic carbocycles. The van der Waals surface area contributed by atoms with Crippen molar-refractivity contribution in [3.8, 4) is 0 Å². The maximum Gasteiger partial charge on any atom is 0.248 e. The number of carbonyl (C=O) groups excluding carboxylic acids is 1. The molecule has 4 rings (SSSR count). The molecule has 1 amide bonds. The molecule has 1 aromatic heterocycles. The van der Waals surface area contributed by atoms with Gasteiger partial charge in [0.25, 0.3) is 0 Å². The highest BCUT2D eigenvalue weighted by molar-refractivity contribution is 7.89. The summed E-state index contributed by atoms with van der Waals surface area (Å²) in [7, 11) is -3.72. The van der Waals surface area contributed by atoms with Crippen molar-refractivity contribution >= 4 is 21.6 Å². The summed E-state index contributed by atoms with van der Waals surface area (Å²) in [6.07, 6.45) is 0. The van der Waals surface area contributed by atoms with E-state index in [9.17, 15) is 13.2 Å². The van der Waals surface area contributed by atoms with Gasteiger partial charge in [0.05, 0.1) is 0 Å². The second-order valence-corrected chi connectivity index (χ2v) is 10.6. The molecule has 8 nitrogen and oxygen atoms in total. The van der Waals surface area contributed by atoms with Crippen LogP contribution in [0.15, 0.2) is 57.9 Å². The van der Waals surface area contributed by atoms with Crippen LogP contribution in [0.4, 0.5) is 5.69 Å². The average molecular weight is 483 g/mol. The number of carbonyl (C=O) groups is 1. The molecule has 2 heterocycles. The van der Waals surface area contributed by atoms with Crippen molar-refractivity contribution < 1.29 is 17.7 Å². The molecule has 1 fully saturated rings. The Balaban J connectivity index is 1.56. The van der Waals surface area contributed by atoms with E-state index in [0.717, 1.165) is 22.4 Å². The lowest BCUT2D eigenvalue weighted by molar-refractivity contribution is -0.122. The van der Waals surface area contributed by atoms with Gasteiger partial charge in [-0.1, -0.05) is 47.6 Å². The van der Waals surface area contributed by atoms with E-state index < -0.39 is 16.1 Å². The summed E-state index contributed by atoms with van der Waals surface area (Å²) in [5, 5.41) is 6.88. The normalized spacial score (nSPS) is 16.4. The molecule has 1 saturated heterocycles. The molecular formula is C25H30N4O4S. The van der Waals surface area contributed by atoms with Crippen molar-refractivity contribution in [3.05, 3.63) is 76.7 Å². The van der Waals surface area contributed by atoms with E-state index in [1.54, 1.807) is 13.8 Å². The molecule has 0 spiro atoms. The van der Waals surface area contributed by atoms with Gasteiger partial charge in [0.2, 0.25) is 15.9 Å². The van der Waals surface area contributed by atoms with Crippen LogP contribution in [0.2, 0.25) is 0 Å². The predicted molar refractivity (Wildman–Crippen MR) is 130 cm³/mol. The standard InChI is InChI=1S/C25H30N4O4S/c1-17-10-11-18(2)22(16-17)26-25(30)23(21-8-6-5-7-9-21)28-12-14-29(15-13-28)34(31,32)24-19(3)27-33-20(24)4/h5-11,16,23H,12-15H2,1-4H3,(H,26,30). The fourth-order valence-electron chi connectivity index (χ4n) is 4.41. The summed E-state index contributed by atoms with van der Waals surface area (Å²) < 4.78 is 32.9. The molecule has 1 aliphatic rings. The van der Waals surface area contributed by atoms with Gasteiger partial charge < -0.3 is 9.84 Å². The molecule has 9 heteroatoms. The van der Waals surface area contributed by atoms with Gasteiger partial charge >= 0.3 is 0 Å². The Kier molecular flexibility index (Phi) is 6.88. The zero-order valence-electron chi connectivity index (χ0n) is 19.9. The third-order valence-corrected chi connectivity index (χ3v) is 8.36. The van der Waals surface area contributed by atoms with Crippen LogP contribution in [0, 0.1) is 27.7 Å². The van der Waals surface area contributed by atoms with Gasteiger partial charge in [-0.25, -0.2) is 8.42 Å². The van der Waals surface area contributed by atoms with Gasteiger partial charge in [0.1, 0.15) is 16.6 Å². The van der Waals surface area contributed by atoms with Gasteiger partial charge in [-0.2, -0.15) is 4.31 Å². The topological polar surface area (TPSA) is 95.8 Å². The molecule has 0 radical (unpaired) electrons. The Morgan fingerprint density at radius 2 is 1.68 bits per heavy atom. The lowest BCUT2D eigenvalue weighted by atomic mass is 10.0. The van der Waals surface area contributed by atoms with Crippen molar-refractivity contribution in [2.75, 3.05) is 31.5 Å². The van der Waals surface area contributed by atoms with E-state index >= 15 is 0 Å². The number of benzene rings is 2. The monoisotopic (exact) mass is 482 g/mol. The van der Waals surface area contributed by atoms with Crippen molar-refractivity contribution in [1.82, 2.24) is 14.4 Å². The number of rotatable bonds is 6. The molecule has 1 atom stereocenters. The summed E-state index contributed by atoms with van der Waals surface area (Å²) in [5.74, 6) is 0.150. The van der Waals surface area contributed by atoms with E-state index in [-0.39, 0.29) is 29.7 Å². The number of aromatic nitrogens is 1. The first-order chi connectivity index (χ1) is 16.2. The lowest BCUT2D eigenvalue weighted by Gasteiger charge is -2.38. The van der Waals surface area contributed by atoms with Gasteiger partial charge in [0, 0.05) is 31.9 Å². The number of aryl methyl sites for hydroxylation is 4. The van der Waals surface area contributed by atoms with Crippen LogP contribution in [0.25, 0.3) is 0 Å². The third-order valence-electron chi connectivity index (χ3n) is 6.22. The minimum atomic E-state index is -3.72. The SMILES string of the molecule is Cc1ccc(C)c(NC(=O)C(c2ccccc2)N2CCN(S(=O)(=O)c3c(C)noc3C)CC2)c1. The summed E-state index contributed by atoms with van der Waals surface area (Å²) in [4.78, 5) is 15.7. The fourth-order valence-corrected chi connectivity index (χ4v) is 6.12. The maximum atomic E-state index is 13.5. The van der Waals surface area contributed by atoms with Crippen LogP contribution < -0.4 is 5.32 Å². The van der Waals surface area contributed by atoms with Crippen molar-refractivity contribution in [1.29, 1.82) is 0 Å². The lowest BCUT2D eigenvalue weighted by Crippen LogP contribution is -2.51. The molecule has 180 valence electrons. The van der Waals surface area contributed by atoms with E-state index in [0.29, 0.717) is 18.8 Å². The van der Waals surface area contributed by atoms with E-state index in [1.165, 1.54) is 4.31 Å². The molecule has 0 saturated carbocycles. The fraction of sp³-hybridized carbons (Fsp3) is 0.360. The van der Waals surface area contributed by atoms with Crippen LogP contribution in [0.1, 0.15) is 34.2 Å². The Hall–Kier alpha value is -3.01. The number of sulfonamides is 1. The molecule has 1 aliphatic heterocycles. The quantitative estimate of drug-likeness (QED) is 0.577. The van der Waals surface area contributed by atoms with Crippen LogP contribution in [-0.2, 0) is 14.8 Å². The Bertz CT molecular complexity index is 1260. The van der Waals surface area contributed by atoms with Crippen molar-refractivity contribution in [2.24, 2.45) is 0 Å². The number of anilines is 1. The Labute approximate surface area is 200 Å². The Morgan fingerprint density at radius 3 is 2.29 bits per heavy atom. The average Bonchev–Trinajstić information content (AvgIpc) is 3.16. The molecular weight excluding hydrogens is 452 g/mol. The number of amides is 1. The molecule has 1 unspecified atom stereocenters. The molecule has 1 N–H and O–H groups in total. The number of hydrogen-bond donors (Lipinski definition) is 1. The zero-order valence-corrected chi connectivity index (χ0v) is 20.7. The van der Waals surface area contributed by atoms with Gasteiger partial charge in [0.15, 0.2) is 5.76 Å². The molecule has 3 aromatic rings. The number of nitrogens with one attached hydrogen (secondary N) is 1. The van der Waals surface area contributed by atoms with E-state index in [2.05, 4.69) is 10.5 Å². The zero-order chi connectivity index (χ0) is 24.5. The Morgan fingerprint density at radius 1 is 1.00 bits per heavy atom. The van der Waals surface area contributed by atoms with Crippen molar-refractivity contribution in [2.45, 2.75) is 38.6 Å². The van der Waals surface area contributed by atoms with E-state index in [1.807, 2.05) is 67.3 Å². The summed E-state index contributed by atoms with van der Waals surface area (Å²) in [6.45, 7) is 8.56. The molecule has 34 heavy (non-hydrogen) atoms. The van der Waals surface area contributed by atoms with Gasteiger partial charge in [-0.05, 0) is 50.5 Å². The van der Waals surface area contributed by atoms with Crippen LogP contribution in [0.5, 0.6) is 0 Å². The highest BCUT2D eigenvalue weighted by Gasteiger charge is 2.36. The highest BCUT2D eigenvalue weighted by atomic mass is 32.2. The molecule has 0 aliphatic carbocycles. The first-order valence-electron chi connectivity index (χ1n) is 11.3. The predicted octanol–water partition coefficient (Wildman–Crippen LogP) is 3.59. The first-order valence-corrected chi connectivity index (χ1v) is 12.7. The summed E-state index contributed by atoms with van der Waals surface area (Å²) in [5.41, 5.74) is 4.06. The van der Waals surface area contributed by atoms with Crippen molar-refractivity contribution in [3.63, 3.8) is 0 Å². The largest absolute Gasteiger partial charge is 0.360 e.